The van der Waals surface area contributed by atoms with Crippen LogP contribution in [0.4, 0.5) is 10.3 Å². The van der Waals surface area contributed by atoms with Gasteiger partial charge in [0, 0.05) is 19.3 Å². The number of rotatable bonds is 5. The summed E-state index contributed by atoms with van der Waals surface area (Å²) in [6, 6.07) is 4.72. The number of aryl methyl sites for hydroxylation is 2. The Bertz CT molecular complexity index is 566. The van der Waals surface area contributed by atoms with E-state index >= 15 is 0 Å². The summed E-state index contributed by atoms with van der Waals surface area (Å²) in [4.78, 5) is 4.43. The lowest BCUT2D eigenvalue weighted by Crippen LogP contribution is -2.07. The number of nitrogens with zero attached hydrogens (tertiary/aromatic N) is 2. The molecule has 0 saturated carbocycles. The zero-order chi connectivity index (χ0) is 13.8. The van der Waals surface area contributed by atoms with Gasteiger partial charge in [-0.3, -0.25) is 0 Å². The van der Waals surface area contributed by atoms with Crippen molar-refractivity contribution < 1.29 is 4.39 Å². The summed E-state index contributed by atoms with van der Waals surface area (Å²) in [5.41, 5.74) is 1.91. The number of aromatic nitrogens is 2. The van der Waals surface area contributed by atoms with Crippen molar-refractivity contribution in [1.29, 1.82) is 0 Å². The molecule has 2 rings (SSSR count). The second-order valence-electron chi connectivity index (χ2n) is 4.50. The molecule has 0 saturated heterocycles. The van der Waals surface area contributed by atoms with Crippen LogP contribution in [-0.4, -0.2) is 9.55 Å². The summed E-state index contributed by atoms with van der Waals surface area (Å²) < 4.78 is 15.1. The Labute approximate surface area is 117 Å². The standard InChI is InChI=1S/C14H17ClFN3/c1-3-6-19-9-10(2)18-14(19)17-8-11-4-5-13(16)12(15)7-11/h4-5,7,9H,3,6,8H2,1-2H3,(H,17,18). The van der Waals surface area contributed by atoms with Crippen molar-refractivity contribution in [3.63, 3.8) is 0 Å². The highest BCUT2D eigenvalue weighted by Crippen LogP contribution is 2.17. The lowest BCUT2D eigenvalue weighted by atomic mass is 10.2. The first-order valence-electron chi connectivity index (χ1n) is 6.31. The van der Waals surface area contributed by atoms with Crippen LogP contribution in [0.15, 0.2) is 24.4 Å². The first-order valence-corrected chi connectivity index (χ1v) is 6.69. The molecule has 0 aliphatic carbocycles. The SMILES string of the molecule is CCCn1cc(C)nc1NCc1ccc(F)c(Cl)c1. The average Bonchev–Trinajstić information content (AvgIpc) is 2.72. The van der Waals surface area contributed by atoms with Crippen molar-refractivity contribution in [3.05, 3.63) is 46.5 Å². The summed E-state index contributed by atoms with van der Waals surface area (Å²) in [7, 11) is 0. The molecule has 0 bridgehead atoms. The number of hydrogen-bond acceptors (Lipinski definition) is 2. The van der Waals surface area contributed by atoms with Crippen molar-refractivity contribution in [2.45, 2.75) is 33.4 Å². The van der Waals surface area contributed by atoms with Crippen LogP contribution in [0.2, 0.25) is 5.02 Å². The van der Waals surface area contributed by atoms with Crippen LogP contribution in [0.5, 0.6) is 0 Å². The van der Waals surface area contributed by atoms with Crippen molar-refractivity contribution in [2.75, 3.05) is 5.32 Å². The minimum Gasteiger partial charge on any atom is -0.352 e. The zero-order valence-corrected chi connectivity index (χ0v) is 11.8. The summed E-state index contributed by atoms with van der Waals surface area (Å²) in [5.74, 6) is 0.438. The maximum Gasteiger partial charge on any atom is 0.203 e. The normalized spacial score (nSPS) is 10.7. The summed E-state index contributed by atoms with van der Waals surface area (Å²) in [6.07, 6.45) is 3.07. The molecule has 3 nitrogen and oxygen atoms in total. The van der Waals surface area contributed by atoms with Crippen LogP contribution in [0.3, 0.4) is 0 Å². The largest absolute Gasteiger partial charge is 0.352 e. The van der Waals surface area contributed by atoms with Gasteiger partial charge in [0.1, 0.15) is 5.82 Å². The van der Waals surface area contributed by atoms with Gasteiger partial charge >= 0.3 is 0 Å². The fourth-order valence-corrected chi connectivity index (χ4v) is 2.13. The Hall–Kier alpha value is -1.55. The van der Waals surface area contributed by atoms with E-state index in [1.807, 2.05) is 13.1 Å². The van der Waals surface area contributed by atoms with E-state index in [9.17, 15) is 4.39 Å². The smallest absolute Gasteiger partial charge is 0.203 e. The van der Waals surface area contributed by atoms with E-state index in [1.54, 1.807) is 12.1 Å². The van der Waals surface area contributed by atoms with E-state index in [2.05, 4.69) is 21.8 Å². The fourth-order valence-electron chi connectivity index (χ4n) is 1.93. The van der Waals surface area contributed by atoms with Crippen molar-refractivity contribution in [3.8, 4) is 0 Å². The molecular weight excluding hydrogens is 265 g/mol. The van der Waals surface area contributed by atoms with Crippen molar-refractivity contribution >= 4 is 17.5 Å². The van der Waals surface area contributed by atoms with E-state index in [1.165, 1.54) is 6.07 Å². The minimum absolute atomic E-state index is 0.146. The fraction of sp³-hybridized carbons (Fsp3) is 0.357. The molecule has 2 aromatic rings. The molecule has 0 spiro atoms. The first-order chi connectivity index (χ1) is 9.10. The van der Waals surface area contributed by atoms with Gasteiger partial charge in [0.05, 0.1) is 10.7 Å². The molecule has 0 unspecified atom stereocenters. The topological polar surface area (TPSA) is 29.9 Å². The van der Waals surface area contributed by atoms with Gasteiger partial charge in [0.25, 0.3) is 0 Å². The van der Waals surface area contributed by atoms with Gasteiger partial charge in [-0.25, -0.2) is 9.37 Å². The van der Waals surface area contributed by atoms with Crippen molar-refractivity contribution in [2.24, 2.45) is 0 Å². The number of anilines is 1. The highest BCUT2D eigenvalue weighted by atomic mass is 35.5. The molecule has 1 N–H and O–H groups in total. The minimum atomic E-state index is -0.395. The molecule has 0 amide bonds. The molecule has 5 heteroatoms. The second kappa shape index (κ2) is 6.06. The molecule has 0 aliphatic rings. The summed E-state index contributed by atoms with van der Waals surface area (Å²) in [6.45, 7) is 5.58. The van der Waals surface area contributed by atoms with Gasteiger partial charge in [-0.05, 0) is 31.0 Å². The zero-order valence-electron chi connectivity index (χ0n) is 11.1. The Morgan fingerprint density at radius 1 is 1.42 bits per heavy atom. The van der Waals surface area contributed by atoms with Crippen LogP contribution >= 0.6 is 11.6 Å². The number of imidazole rings is 1. The molecule has 1 aromatic heterocycles. The highest BCUT2D eigenvalue weighted by molar-refractivity contribution is 6.30. The second-order valence-corrected chi connectivity index (χ2v) is 4.91. The van der Waals surface area contributed by atoms with Gasteiger partial charge in [-0.2, -0.15) is 0 Å². The van der Waals surface area contributed by atoms with E-state index in [0.717, 1.165) is 30.2 Å². The van der Waals surface area contributed by atoms with Crippen LogP contribution in [0, 0.1) is 12.7 Å². The van der Waals surface area contributed by atoms with E-state index < -0.39 is 5.82 Å². The maximum absolute atomic E-state index is 13.1. The molecule has 0 radical (unpaired) electrons. The predicted molar refractivity (Wildman–Crippen MR) is 76.0 cm³/mol. The van der Waals surface area contributed by atoms with E-state index in [-0.39, 0.29) is 5.02 Å². The third-order valence-electron chi connectivity index (χ3n) is 2.80. The van der Waals surface area contributed by atoms with Crippen LogP contribution in [0.1, 0.15) is 24.6 Å². The van der Waals surface area contributed by atoms with E-state index in [0.29, 0.717) is 6.54 Å². The molecular formula is C14H17ClFN3. The Balaban J connectivity index is 2.07. The Morgan fingerprint density at radius 3 is 2.89 bits per heavy atom. The number of halogens is 2. The maximum atomic E-state index is 13.1. The number of benzene rings is 1. The van der Waals surface area contributed by atoms with Gasteiger partial charge in [0.15, 0.2) is 0 Å². The lowest BCUT2D eigenvalue weighted by molar-refractivity contribution is 0.627. The molecule has 19 heavy (non-hydrogen) atoms. The predicted octanol–water partition coefficient (Wildman–Crippen LogP) is 4.01. The average molecular weight is 282 g/mol. The molecule has 0 atom stereocenters. The van der Waals surface area contributed by atoms with Crippen molar-refractivity contribution in [1.82, 2.24) is 9.55 Å². The van der Waals surface area contributed by atoms with Crippen LogP contribution in [-0.2, 0) is 13.1 Å². The van der Waals surface area contributed by atoms with Gasteiger partial charge < -0.3 is 9.88 Å². The molecule has 0 fully saturated rings. The highest BCUT2D eigenvalue weighted by Gasteiger charge is 2.05. The molecule has 1 aromatic carbocycles. The third kappa shape index (κ3) is 3.47. The molecule has 102 valence electrons. The Kier molecular flexibility index (Phi) is 4.43. The third-order valence-corrected chi connectivity index (χ3v) is 3.09. The lowest BCUT2D eigenvalue weighted by Gasteiger charge is -2.09. The number of nitrogens with one attached hydrogen (secondary N) is 1. The molecule has 1 heterocycles. The quantitative estimate of drug-likeness (QED) is 0.897. The Morgan fingerprint density at radius 2 is 2.21 bits per heavy atom. The van der Waals surface area contributed by atoms with Crippen LogP contribution < -0.4 is 5.32 Å². The first kappa shape index (κ1) is 13.9. The van der Waals surface area contributed by atoms with Gasteiger partial charge in [-0.15, -0.1) is 0 Å². The summed E-state index contributed by atoms with van der Waals surface area (Å²) in [5, 5.41) is 3.40. The van der Waals surface area contributed by atoms with Crippen LogP contribution in [0.25, 0.3) is 0 Å². The monoisotopic (exact) mass is 281 g/mol. The molecule has 0 aliphatic heterocycles. The number of hydrogen-bond donors (Lipinski definition) is 1. The van der Waals surface area contributed by atoms with Gasteiger partial charge in [-0.1, -0.05) is 24.6 Å². The summed E-state index contributed by atoms with van der Waals surface area (Å²) >= 11 is 5.76. The van der Waals surface area contributed by atoms with E-state index in [4.69, 9.17) is 11.6 Å². The van der Waals surface area contributed by atoms with Gasteiger partial charge in [0.2, 0.25) is 5.95 Å².